The van der Waals surface area contributed by atoms with E-state index in [0.29, 0.717) is 30.3 Å². The number of aliphatic hydroxyl groups is 3. The molecular weight excluding hydrogens is 364 g/mol. The largest absolute Gasteiger partial charge is 0.396 e. The van der Waals surface area contributed by atoms with Crippen LogP contribution in [0.3, 0.4) is 0 Å². The molecule has 29 heavy (non-hydrogen) atoms. The Morgan fingerprint density at radius 3 is 1.72 bits per heavy atom. The van der Waals surface area contributed by atoms with Crippen LogP contribution in [0.25, 0.3) is 0 Å². The second-order valence-corrected chi connectivity index (χ2v) is 9.78. The minimum atomic E-state index is -0.137. The van der Waals surface area contributed by atoms with Gasteiger partial charge in [-0.3, -0.25) is 0 Å². The molecule has 0 aromatic carbocycles. The van der Waals surface area contributed by atoms with Crippen molar-refractivity contribution < 1.29 is 20.1 Å². The molecule has 0 unspecified atom stereocenters. The third-order valence-electron chi connectivity index (χ3n) is 5.30. The fraction of sp³-hybridized carbons (Fsp3) is 0.920. The molecule has 0 amide bonds. The molecule has 1 saturated heterocycles. The summed E-state index contributed by atoms with van der Waals surface area (Å²) in [6.45, 7) is 19.0. The van der Waals surface area contributed by atoms with Crippen molar-refractivity contribution in [3.05, 3.63) is 0 Å². The van der Waals surface area contributed by atoms with Gasteiger partial charge in [-0.2, -0.15) is 0 Å². The molecule has 0 spiro atoms. The molecule has 0 aromatic rings. The van der Waals surface area contributed by atoms with Gasteiger partial charge in [0, 0.05) is 26.2 Å². The summed E-state index contributed by atoms with van der Waals surface area (Å²) in [7, 11) is 0. The van der Waals surface area contributed by atoms with Crippen molar-refractivity contribution >= 4 is 0 Å². The summed E-state index contributed by atoms with van der Waals surface area (Å²) < 4.78 is 5.30. The predicted molar refractivity (Wildman–Crippen MR) is 124 cm³/mol. The van der Waals surface area contributed by atoms with Crippen LogP contribution < -0.4 is 0 Å². The van der Waals surface area contributed by atoms with E-state index in [1.54, 1.807) is 0 Å². The van der Waals surface area contributed by atoms with Crippen LogP contribution in [0.1, 0.15) is 87.5 Å². The summed E-state index contributed by atoms with van der Waals surface area (Å²) in [5.41, 5.74) is 0.173. The van der Waals surface area contributed by atoms with Gasteiger partial charge in [0.15, 0.2) is 0 Å². The van der Waals surface area contributed by atoms with Crippen molar-refractivity contribution in [3.8, 4) is 11.8 Å². The molecule has 1 aliphatic heterocycles. The second kappa shape index (κ2) is 18.2. The fourth-order valence-electron chi connectivity index (χ4n) is 3.24. The molecule has 0 saturated carbocycles. The van der Waals surface area contributed by atoms with Crippen LogP contribution in [0, 0.1) is 40.9 Å². The molecule has 4 nitrogen and oxygen atoms in total. The standard InChI is InChI=1S/C10H20O2.C8H18O.C7H12O/c1-9(2)7-10(8-11)3-5-12-6-4-10;1-6(2)7(3)5-8(4)9;1-7(2)5-3-4-6-8/h9,11H,3-8H2,1-2H3;6-9H,5H2,1-4H3;7-8H,5-6H2,1-2H3/t;7-,8-;/m.0./s1. The number of ether oxygens (including phenoxy) is 1. The lowest BCUT2D eigenvalue weighted by atomic mass is 9.75. The molecule has 0 aliphatic carbocycles. The van der Waals surface area contributed by atoms with Crippen LogP contribution in [-0.4, -0.2) is 47.9 Å². The lowest BCUT2D eigenvalue weighted by Crippen LogP contribution is -2.34. The molecule has 4 heteroatoms. The first-order chi connectivity index (χ1) is 13.5. The average Bonchev–Trinajstić information content (AvgIpc) is 2.62. The van der Waals surface area contributed by atoms with Gasteiger partial charge < -0.3 is 20.1 Å². The van der Waals surface area contributed by atoms with Gasteiger partial charge in [0.2, 0.25) is 0 Å². The summed E-state index contributed by atoms with van der Waals surface area (Å²) >= 11 is 0. The second-order valence-electron chi connectivity index (χ2n) is 9.78. The Labute approximate surface area is 181 Å². The third kappa shape index (κ3) is 19.1. The van der Waals surface area contributed by atoms with Gasteiger partial charge in [0.1, 0.15) is 6.61 Å². The monoisotopic (exact) mass is 414 g/mol. The first-order valence-corrected chi connectivity index (χ1v) is 11.4. The van der Waals surface area contributed by atoms with Crippen LogP contribution in [-0.2, 0) is 4.74 Å². The summed E-state index contributed by atoms with van der Waals surface area (Å²) in [5, 5.41) is 26.5. The summed E-state index contributed by atoms with van der Waals surface area (Å²) in [5.74, 6) is 8.05. The maximum absolute atomic E-state index is 9.33. The van der Waals surface area contributed by atoms with Gasteiger partial charge in [-0.25, -0.2) is 0 Å². The zero-order valence-corrected chi connectivity index (χ0v) is 20.5. The molecule has 3 N–H and O–H groups in total. The van der Waals surface area contributed by atoms with Crippen molar-refractivity contribution in [2.45, 2.75) is 93.6 Å². The smallest absolute Gasteiger partial charge is 0.104 e. The Balaban J connectivity index is 0. The fourth-order valence-corrected chi connectivity index (χ4v) is 3.24. The van der Waals surface area contributed by atoms with E-state index in [9.17, 15) is 5.11 Å². The highest BCUT2D eigenvalue weighted by Gasteiger charge is 2.32. The number of hydrogen-bond acceptors (Lipinski definition) is 4. The molecule has 1 fully saturated rings. The van der Waals surface area contributed by atoms with Gasteiger partial charge in [0.05, 0.1) is 6.10 Å². The molecule has 0 bridgehead atoms. The molecular formula is C25H50O4. The first kappa shape index (κ1) is 30.6. The van der Waals surface area contributed by atoms with Gasteiger partial charge in [-0.15, -0.1) is 5.92 Å². The van der Waals surface area contributed by atoms with Crippen molar-refractivity contribution in [3.63, 3.8) is 0 Å². The summed E-state index contributed by atoms with van der Waals surface area (Å²) in [4.78, 5) is 0. The van der Waals surface area contributed by atoms with E-state index in [1.807, 2.05) is 6.92 Å². The van der Waals surface area contributed by atoms with E-state index >= 15 is 0 Å². The van der Waals surface area contributed by atoms with Crippen LogP contribution in [0.2, 0.25) is 0 Å². The highest BCUT2D eigenvalue weighted by molar-refractivity contribution is 4.98. The summed E-state index contributed by atoms with van der Waals surface area (Å²) in [6, 6.07) is 0. The Bertz CT molecular complexity index is 412. The van der Waals surface area contributed by atoms with Crippen molar-refractivity contribution in [2.24, 2.45) is 29.1 Å². The average molecular weight is 415 g/mol. The number of aliphatic hydroxyl groups excluding tert-OH is 3. The lowest BCUT2D eigenvalue weighted by molar-refractivity contribution is -0.0267. The number of hydrogen-bond donors (Lipinski definition) is 3. The van der Waals surface area contributed by atoms with E-state index < -0.39 is 0 Å². The van der Waals surface area contributed by atoms with Crippen LogP contribution >= 0.6 is 0 Å². The van der Waals surface area contributed by atoms with E-state index in [4.69, 9.17) is 14.9 Å². The van der Waals surface area contributed by atoms with Gasteiger partial charge in [0.25, 0.3) is 0 Å². The molecule has 1 heterocycles. The predicted octanol–water partition coefficient (Wildman–Crippen LogP) is 4.90. The van der Waals surface area contributed by atoms with E-state index in [-0.39, 0.29) is 18.1 Å². The highest BCUT2D eigenvalue weighted by Crippen LogP contribution is 2.36. The molecule has 0 radical (unpaired) electrons. The van der Waals surface area contributed by atoms with Crippen LogP contribution in [0.4, 0.5) is 0 Å². The Hall–Kier alpha value is -0.600. The first-order valence-electron chi connectivity index (χ1n) is 11.4. The SMILES string of the molecule is CC(C)CC#CCO.CC(C)CC1(CO)CCOCC1.CC(C)[C@@H](C)C[C@H](C)O. The van der Waals surface area contributed by atoms with Crippen molar-refractivity contribution in [1.29, 1.82) is 0 Å². The minimum Gasteiger partial charge on any atom is -0.396 e. The lowest BCUT2D eigenvalue weighted by Gasteiger charge is -2.36. The third-order valence-corrected chi connectivity index (χ3v) is 5.30. The molecule has 1 aliphatic rings. The highest BCUT2D eigenvalue weighted by atomic mass is 16.5. The zero-order valence-electron chi connectivity index (χ0n) is 20.5. The van der Waals surface area contributed by atoms with Crippen molar-refractivity contribution in [1.82, 2.24) is 0 Å². The van der Waals surface area contributed by atoms with Gasteiger partial charge in [-0.05, 0) is 61.7 Å². The van der Waals surface area contributed by atoms with Gasteiger partial charge in [-0.1, -0.05) is 54.4 Å². The Kier molecular flexibility index (Phi) is 19.2. The molecule has 0 aromatic heterocycles. The Morgan fingerprint density at radius 1 is 0.862 bits per heavy atom. The van der Waals surface area contributed by atoms with Crippen molar-refractivity contribution in [2.75, 3.05) is 26.4 Å². The molecule has 2 atom stereocenters. The van der Waals surface area contributed by atoms with Crippen LogP contribution in [0.15, 0.2) is 0 Å². The normalized spacial score (nSPS) is 17.4. The maximum Gasteiger partial charge on any atom is 0.104 e. The maximum atomic E-state index is 9.33. The molecule has 174 valence electrons. The number of rotatable bonds is 7. The van der Waals surface area contributed by atoms with E-state index in [2.05, 4.69) is 60.3 Å². The minimum absolute atomic E-state index is 0.00722. The van der Waals surface area contributed by atoms with Gasteiger partial charge >= 0.3 is 0 Å². The van der Waals surface area contributed by atoms with E-state index in [0.717, 1.165) is 45.3 Å². The zero-order chi connectivity index (χ0) is 22.9. The van der Waals surface area contributed by atoms with Crippen LogP contribution in [0.5, 0.6) is 0 Å². The quantitative estimate of drug-likeness (QED) is 0.518. The topological polar surface area (TPSA) is 69.9 Å². The van der Waals surface area contributed by atoms with E-state index in [1.165, 1.54) is 0 Å². The Morgan fingerprint density at radius 2 is 1.41 bits per heavy atom. The molecule has 1 rings (SSSR count). The summed E-state index contributed by atoms with van der Waals surface area (Å²) in [6.07, 6.45) is 4.87.